The van der Waals surface area contributed by atoms with Crippen molar-refractivity contribution in [1.82, 2.24) is 0 Å². The van der Waals surface area contributed by atoms with E-state index in [1.807, 2.05) is 0 Å². The summed E-state index contributed by atoms with van der Waals surface area (Å²) in [5.41, 5.74) is -0.621. The Bertz CT molecular complexity index is 1170. The van der Waals surface area contributed by atoms with E-state index in [1.54, 1.807) is 0 Å². The molecule has 0 radical (unpaired) electrons. The standard InChI is InChI=1S/C20H13Cl3N2O7/c21-13-3-9(1-11-5-14(22)7-16(19(11)27)24(29)30)18(26)10(4-13)2-12-6-15(23)8-17(20(12)28)25(31)32/h3-8,26-28H,1-2H2. The number of phenols is 3. The first kappa shape index (κ1) is 23.4. The topological polar surface area (TPSA) is 147 Å². The number of phenolic OH excluding ortho intramolecular Hbond substituents is 3. The monoisotopic (exact) mass is 498 g/mol. The summed E-state index contributed by atoms with van der Waals surface area (Å²) in [4.78, 5) is 20.7. The molecule has 9 nitrogen and oxygen atoms in total. The predicted octanol–water partition coefficient (Wildman–Crippen LogP) is 5.76. The van der Waals surface area contributed by atoms with E-state index in [0.29, 0.717) is 0 Å². The van der Waals surface area contributed by atoms with Gasteiger partial charge in [0, 0.05) is 62.3 Å². The minimum Gasteiger partial charge on any atom is -0.507 e. The van der Waals surface area contributed by atoms with Gasteiger partial charge in [0.2, 0.25) is 0 Å². The van der Waals surface area contributed by atoms with Crippen molar-refractivity contribution in [1.29, 1.82) is 0 Å². The second kappa shape index (κ2) is 9.07. The Balaban J connectivity index is 2.05. The van der Waals surface area contributed by atoms with E-state index < -0.39 is 32.7 Å². The van der Waals surface area contributed by atoms with Gasteiger partial charge in [-0.15, -0.1) is 0 Å². The molecular weight excluding hydrogens is 487 g/mol. The normalized spacial score (nSPS) is 10.8. The molecule has 0 heterocycles. The van der Waals surface area contributed by atoms with Gasteiger partial charge in [-0.05, 0) is 24.3 Å². The molecular formula is C20H13Cl3N2O7. The van der Waals surface area contributed by atoms with Crippen LogP contribution in [0.25, 0.3) is 0 Å². The molecule has 12 heteroatoms. The lowest BCUT2D eigenvalue weighted by atomic mass is 9.96. The average Bonchev–Trinajstić information content (AvgIpc) is 2.69. The van der Waals surface area contributed by atoms with Crippen molar-refractivity contribution < 1.29 is 25.2 Å². The van der Waals surface area contributed by atoms with Crippen molar-refractivity contribution in [2.75, 3.05) is 0 Å². The lowest BCUT2D eigenvalue weighted by Gasteiger charge is -2.13. The lowest BCUT2D eigenvalue weighted by Crippen LogP contribution is -1.99. The van der Waals surface area contributed by atoms with Crippen LogP contribution in [0.4, 0.5) is 11.4 Å². The number of rotatable bonds is 6. The number of nitro benzene ring substituents is 2. The van der Waals surface area contributed by atoms with E-state index in [-0.39, 0.29) is 55.9 Å². The summed E-state index contributed by atoms with van der Waals surface area (Å²) < 4.78 is 0. The van der Waals surface area contributed by atoms with Gasteiger partial charge in [0.15, 0.2) is 11.5 Å². The fourth-order valence-corrected chi connectivity index (χ4v) is 3.96. The van der Waals surface area contributed by atoms with Crippen molar-refractivity contribution in [3.63, 3.8) is 0 Å². The van der Waals surface area contributed by atoms with Gasteiger partial charge < -0.3 is 15.3 Å². The Labute approximate surface area is 195 Å². The van der Waals surface area contributed by atoms with Crippen LogP contribution >= 0.6 is 34.8 Å². The second-order valence-electron chi connectivity index (χ2n) is 6.81. The van der Waals surface area contributed by atoms with Gasteiger partial charge in [-0.25, -0.2) is 0 Å². The molecule has 0 aromatic heterocycles. The average molecular weight is 500 g/mol. The summed E-state index contributed by atoms with van der Waals surface area (Å²) in [5.74, 6) is -1.50. The highest BCUT2D eigenvalue weighted by Gasteiger charge is 2.23. The molecule has 0 spiro atoms. The van der Waals surface area contributed by atoms with Gasteiger partial charge in [0.25, 0.3) is 0 Å². The third-order valence-electron chi connectivity index (χ3n) is 4.65. The fourth-order valence-electron chi connectivity index (χ4n) is 3.23. The SMILES string of the molecule is O=[N+]([O-])c1cc(Cl)cc(Cc2cc(Cl)cc(Cc3cc(Cl)cc([N+](=O)[O-])c3O)c2O)c1O. The highest BCUT2D eigenvalue weighted by atomic mass is 35.5. The summed E-state index contributed by atoms with van der Waals surface area (Å²) in [6.45, 7) is 0. The van der Waals surface area contributed by atoms with Gasteiger partial charge in [0.1, 0.15) is 5.75 Å². The number of nitrogens with zero attached hydrogens (tertiary/aromatic N) is 2. The predicted molar refractivity (Wildman–Crippen MR) is 118 cm³/mol. The van der Waals surface area contributed by atoms with Crippen LogP contribution in [0.3, 0.4) is 0 Å². The van der Waals surface area contributed by atoms with Crippen LogP contribution in [0.2, 0.25) is 15.1 Å². The summed E-state index contributed by atoms with van der Waals surface area (Å²) in [7, 11) is 0. The molecule has 0 aliphatic heterocycles. The van der Waals surface area contributed by atoms with Gasteiger partial charge in [-0.1, -0.05) is 34.8 Å². The Morgan fingerprint density at radius 3 is 1.19 bits per heavy atom. The molecule has 0 saturated heterocycles. The summed E-state index contributed by atoms with van der Waals surface area (Å²) in [5, 5.41) is 53.7. The Morgan fingerprint density at radius 1 is 0.594 bits per heavy atom. The van der Waals surface area contributed by atoms with Crippen LogP contribution in [0, 0.1) is 20.2 Å². The Hall–Kier alpha value is -3.27. The molecule has 0 saturated carbocycles. The first-order valence-electron chi connectivity index (χ1n) is 8.79. The van der Waals surface area contributed by atoms with Crippen LogP contribution in [0.1, 0.15) is 22.3 Å². The minimum atomic E-state index is -0.789. The highest BCUT2D eigenvalue weighted by molar-refractivity contribution is 6.31. The molecule has 32 heavy (non-hydrogen) atoms. The van der Waals surface area contributed by atoms with Crippen LogP contribution in [-0.4, -0.2) is 25.2 Å². The molecule has 0 bridgehead atoms. The van der Waals surface area contributed by atoms with Crippen molar-refractivity contribution in [3.05, 3.63) is 93.9 Å². The maximum Gasteiger partial charge on any atom is 0.312 e. The maximum absolute atomic E-state index is 11.1. The maximum atomic E-state index is 11.1. The van der Waals surface area contributed by atoms with Gasteiger partial charge in [-0.2, -0.15) is 0 Å². The van der Waals surface area contributed by atoms with E-state index in [0.717, 1.165) is 12.1 Å². The third-order valence-corrected chi connectivity index (χ3v) is 5.31. The van der Waals surface area contributed by atoms with E-state index >= 15 is 0 Å². The summed E-state index contributed by atoms with van der Waals surface area (Å²) in [6, 6.07) is 7.42. The molecule has 3 N–H and O–H groups in total. The molecule has 0 unspecified atom stereocenters. The molecule has 3 aromatic rings. The van der Waals surface area contributed by atoms with Crippen LogP contribution < -0.4 is 0 Å². The zero-order chi connectivity index (χ0) is 23.7. The van der Waals surface area contributed by atoms with E-state index in [4.69, 9.17) is 34.8 Å². The van der Waals surface area contributed by atoms with Gasteiger partial charge in [-0.3, -0.25) is 20.2 Å². The van der Waals surface area contributed by atoms with E-state index in [9.17, 15) is 35.5 Å². The van der Waals surface area contributed by atoms with Crippen molar-refractivity contribution in [3.8, 4) is 17.2 Å². The Kier molecular flexibility index (Phi) is 6.63. The number of hydrogen-bond acceptors (Lipinski definition) is 7. The van der Waals surface area contributed by atoms with Gasteiger partial charge in [0.05, 0.1) is 9.85 Å². The number of hydrogen-bond donors (Lipinski definition) is 3. The first-order valence-corrected chi connectivity index (χ1v) is 9.93. The molecule has 0 aliphatic carbocycles. The van der Waals surface area contributed by atoms with Crippen LogP contribution in [0.15, 0.2) is 36.4 Å². The summed E-state index contributed by atoms with van der Waals surface area (Å²) in [6.07, 6.45) is -0.317. The van der Waals surface area contributed by atoms with E-state index in [2.05, 4.69) is 0 Å². The number of nitro groups is 2. The molecule has 3 aromatic carbocycles. The van der Waals surface area contributed by atoms with E-state index in [1.165, 1.54) is 24.3 Å². The molecule has 0 atom stereocenters. The summed E-state index contributed by atoms with van der Waals surface area (Å²) >= 11 is 18.0. The number of aromatic hydroxyl groups is 3. The zero-order valence-corrected chi connectivity index (χ0v) is 18.1. The second-order valence-corrected chi connectivity index (χ2v) is 8.12. The molecule has 0 fully saturated rings. The van der Waals surface area contributed by atoms with Crippen LogP contribution in [-0.2, 0) is 12.8 Å². The molecule has 3 rings (SSSR count). The largest absolute Gasteiger partial charge is 0.507 e. The third kappa shape index (κ3) is 4.80. The fraction of sp³-hybridized carbons (Fsp3) is 0.100. The lowest BCUT2D eigenvalue weighted by molar-refractivity contribution is -0.386. The van der Waals surface area contributed by atoms with Crippen molar-refractivity contribution >= 4 is 46.2 Å². The van der Waals surface area contributed by atoms with Gasteiger partial charge >= 0.3 is 11.4 Å². The quantitative estimate of drug-likeness (QED) is 0.288. The smallest absolute Gasteiger partial charge is 0.312 e. The first-order chi connectivity index (χ1) is 15.0. The zero-order valence-electron chi connectivity index (χ0n) is 15.9. The molecule has 166 valence electrons. The minimum absolute atomic E-state index is 0.0161. The van der Waals surface area contributed by atoms with Crippen molar-refractivity contribution in [2.24, 2.45) is 0 Å². The number of benzene rings is 3. The Morgan fingerprint density at radius 2 is 0.875 bits per heavy atom. The molecule has 0 aliphatic rings. The van der Waals surface area contributed by atoms with Crippen molar-refractivity contribution in [2.45, 2.75) is 12.8 Å². The van der Waals surface area contributed by atoms with Crippen LogP contribution in [0.5, 0.6) is 17.2 Å². The molecule has 0 amide bonds. The highest BCUT2D eigenvalue weighted by Crippen LogP contribution is 2.39. The number of halogens is 3.